The zero-order valence-electron chi connectivity index (χ0n) is 30.5. The maximum Gasteiger partial charge on any atom is 0.161 e. The predicted molar refractivity (Wildman–Crippen MR) is 233 cm³/mol. The summed E-state index contributed by atoms with van der Waals surface area (Å²) in [5, 5.41) is 6.68. The molecule has 2 aromatic heterocycles. The summed E-state index contributed by atoms with van der Waals surface area (Å²) in [5.41, 5.74) is 13.1. The Balaban J connectivity index is 1.20. The van der Waals surface area contributed by atoms with Crippen LogP contribution in [0.25, 0.3) is 87.5 Å². The summed E-state index contributed by atoms with van der Waals surface area (Å²) < 4.78 is 2.56. The van der Waals surface area contributed by atoms with E-state index < -0.39 is 0 Å². The lowest BCUT2D eigenvalue weighted by molar-refractivity contribution is 1.18. The number of benzene rings is 8. The minimum absolute atomic E-state index is 0.646. The van der Waals surface area contributed by atoms with E-state index in [-0.39, 0.29) is 0 Å². The summed E-state index contributed by atoms with van der Waals surface area (Å²) in [6.45, 7) is 0. The summed E-state index contributed by atoms with van der Waals surface area (Å²) >= 11 is 1.84. The minimum atomic E-state index is 0.646. The molecule has 264 valence electrons. The highest BCUT2D eigenvalue weighted by Crippen LogP contribution is 2.51. The van der Waals surface area contributed by atoms with Crippen LogP contribution in [0.4, 0.5) is 11.4 Å². The molecule has 0 unspecified atom stereocenters. The molecule has 0 radical (unpaired) electrons. The first-order valence-electron chi connectivity index (χ1n) is 19.1. The summed E-state index contributed by atoms with van der Waals surface area (Å²) in [7, 11) is 0. The molecule has 5 heteroatoms. The first kappa shape index (κ1) is 32.0. The number of nitrogens with zero attached hydrogens (tertiary/aromatic N) is 4. The van der Waals surface area contributed by atoms with Gasteiger partial charge in [0.25, 0.3) is 0 Å². The van der Waals surface area contributed by atoms with Crippen molar-refractivity contribution in [2.75, 3.05) is 0 Å². The smallest absolute Gasteiger partial charge is 0.161 e. The fraction of sp³-hybridized carbons (Fsp3) is 0. The van der Waals surface area contributed by atoms with Gasteiger partial charge in [-0.25, -0.2) is 20.0 Å². The van der Waals surface area contributed by atoms with Gasteiger partial charge >= 0.3 is 0 Å². The third kappa shape index (κ3) is 4.99. The molecule has 4 heterocycles. The Morgan fingerprint density at radius 3 is 1.82 bits per heavy atom. The third-order valence-corrected chi connectivity index (χ3v) is 12.4. The molecule has 0 aliphatic carbocycles. The van der Waals surface area contributed by atoms with Crippen molar-refractivity contribution in [2.45, 2.75) is 0 Å². The van der Waals surface area contributed by atoms with E-state index in [4.69, 9.17) is 20.0 Å². The largest absolute Gasteiger partial charge is 0.248 e. The van der Waals surface area contributed by atoms with E-state index in [0.29, 0.717) is 5.82 Å². The lowest BCUT2D eigenvalue weighted by atomic mass is 9.86. The maximum atomic E-state index is 5.47. The Bertz CT molecular complexity index is 3460. The number of aromatic nitrogens is 2. The van der Waals surface area contributed by atoms with Gasteiger partial charge in [-0.05, 0) is 64.7 Å². The molecule has 4 nitrogen and oxygen atoms in total. The van der Waals surface area contributed by atoms with Gasteiger partial charge in [-0.1, -0.05) is 140 Å². The predicted octanol–water partition coefficient (Wildman–Crippen LogP) is 12.7. The average Bonchev–Trinajstić information content (AvgIpc) is 3.98. The van der Waals surface area contributed by atoms with Gasteiger partial charge in [0.2, 0.25) is 0 Å². The van der Waals surface area contributed by atoms with Crippen molar-refractivity contribution in [3.8, 4) is 67.3 Å². The van der Waals surface area contributed by atoms with Gasteiger partial charge in [-0.3, -0.25) is 0 Å². The van der Waals surface area contributed by atoms with E-state index in [9.17, 15) is 0 Å². The molecule has 0 N–H and O–H groups in total. The Labute approximate surface area is 331 Å². The number of rotatable bonds is 5. The van der Waals surface area contributed by atoms with Crippen LogP contribution < -0.4 is 10.7 Å². The van der Waals surface area contributed by atoms with E-state index in [1.54, 1.807) is 0 Å². The normalized spacial score (nSPS) is 12.1. The lowest BCUT2D eigenvalue weighted by Gasteiger charge is -2.19. The van der Waals surface area contributed by atoms with Crippen LogP contribution in [0.5, 0.6) is 0 Å². The zero-order valence-corrected chi connectivity index (χ0v) is 31.3. The van der Waals surface area contributed by atoms with Crippen LogP contribution in [0.2, 0.25) is 0 Å². The number of hydrogen-bond acceptors (Lipinski definition) is 5. The average molecular weight is 743 g/mol. The highest BCUT2D eigenvalue weighted by atomic mass is 32.1. The van der Waals surface area contributed by atoms with Crippen LogP contribution in [0.1, 0.15) is 0 Å². The molecular formula is C52H30N4S. The van der Waals surface area contributed by atoms with E-state index in [0.717, 1.165) is 88.4 Å². The van der Waals surface area contributed by atoms with Crippen LogP contribution in [0.15, 0.2) is 192 Å². The number of para-hydroxylation sites is 1. The Kier molecular flexibility index (Phi) is 7.06. The number of hydrogen-bond donors (Lipinski definition) is 0. The van der Waals surface area contributed by atoms with Crippen molar-refractivity contribution >= 4 is 42.9 Å². The Morgan fingerprint density at radius 1 is 0.386 bits per heavy atom. The molecule has 0 spiro atoms. The van der Waals surface area contributed by atoms with Gasteiger partial charge in [-0.2, -0.15) is 0 Å². The molecule has 2 aliphatic rings. The van der Waals surface area contributed by atoms with Crippen molar-refractivity contribution in [2.24, 2.45) is 9.98 Å². The quantitative estimate of drug-likeness (QED) is 0.176. The molecule has 57 heavy (non-hydrogen) atoms. The van der Waals surface area contributed by atoms with Crippen molar-refractivity contribution in [3.63, 3.8) is 0 Å². The Hall–Kier alpha value is -7.34. The van der Waals surface area contributed by atoms with Gasteiger partial charge in [-0.15, -0.1) is 11.3 Å². The SMILES string of the molecule is c1ccc(-c2cc(-c3ccccc3)nc(-c3c(-c4ccccc4-c4cccc5sc6ccccc6c45)ccc4c3-c3c5c(ccc3=N4)=c3ccccc3=N5)n2)cc1. The second kappa shape index (κ2) is 12.6. The van der Waals surface area contributed by atoms with E-state index >= 15 is 0 Å². The Morgan fingerprint density at radius 2 is 1.04 bits per heavy atom. The molecule has 0 fully saturated rings. The van der Waals surface area contributed by atoms with Crippen molar-refractivity contribution in [3.05, 3.63) is 203 Å². The molecule has 12 rings (SSSR count). The third-order valence-electron chi connectivity index (χ3n) is 11.3. The second-order valence-corrected chi connectivity index (χ2v) is 15.6. The summed E-state index contributed by atoms with van der Waals surface area (Å²) in [4.78, 5) is 21.5. The maximum absolute atomic E-state index is 5.47. The fourth-order valence-corrected chi connectivity index (χ4v) is 9.85. The van der Waals surface area contributed by atoms with Gasteiger partial charge in [0.1, 0.15) is 0 Å². The summed E-state index contributed by atoms with van der Waals surface area (Å²) in [5.74, 6) is 0.646. The van der Waals surface area contributed by atoms with Crippen LogP contribution >= 0.6 is 11.3 Å². The van der Waals surface area contributed by atoms with Crippen LogP contribution in [0.3, 0.4) is 0 Å². The first-order valence-corrected chi connectivity index (χ1v) is 20.0. The standard InChI is InChI=1S/C52H30N4S/c1-3-14-31(15-4-1)43-30-44(32-16-5-2-6-17-32)56-52(55-43)48-37(26-28-41-49(48)50-42(53-41)29-27-38-35-20-9-11-23-40(35)54-51(38)50)34-19-8-7-18-33(34)36-22-13-25-46-47(36)39-21-10-12-24-45(39)57-46/h1-30H. The molecule has 0 saturated carbocycles. The van der Waals surface area contributed by atoms with Gasteiger partial charge in [0.05, 0.1) is 33.5 Å². The topological polar surface area (TPSA) is 50.5 Å². The van der Waals surface area contributed by atoms with Crippen LogP contribution in [0, 0.1) is 10.4 Å². The molecule has 0 bridgehead atoms. The van der Waals surface area contributed by atoms with Crippen molar-refractivity contribution in [1.82, 2.24) is 9.97 Å². The first-order chi connectivity index (χ1) is 28.3. The number of fused-ring (bicyclic) bond motifs is 9. The fourth-order valence-electron chi connectivity index (χ4n) is 8.72. The van der Waals surface area contributed by atoms with Gasteiger partial charge in [0, 0.05) is 58.4 Å². The van der Waals surface area contributed by atoms with Crippen molar-refractivity contribution < 1.29 is 0 Å². The van der Waals surface area contributed by atoms with E-state index in [1.807, 2.05) is 23.5 Å². The van der Waals surface area contributed by atoms with Crippen LogP contribution in [-0.2, 0) is 0 Å². The molecule has 2 aliphatic heterocycles. The molecule has 0 saturated heterocycles. The van der Waals surface area contributed by atoms with Gasteiger partial charge in [0.15, 0.2) is 5.82 Å². The van der Waals surface area contributed by atoms with Crippen LogP contribution in [-0.4, -0.2) is 9.97 Å². The zero-order chi connectivity index (χ0) is 37.5. The van der Waals surface area contributed by atoms with E-state index in [2.05, 4.69) is 170 Å². The highest BCUT2D eigenvalue weighted by molar-refractivity contribution is 7.25. The molecular weight excluding hydrogens is 713 g/mol. The molecule has 10 aromatic rings. The lowest BCUT2D eigenvalue weighted by Crippen LogP contribution is -2.03. The minimum Gasteiger partial charge on any atom is -0.248 e. The molecule has 0 amide bonds. The van der Waals surface area contributed by atoms with Crippen molar-refractivity contribution in [1.29, 1.82) is 0 Å². The molecule has 8 aromatic carbocycles. The summed E-state index contributed by atoms with van der Waals surface area (Å²) in [6, 6.07) is 64.2. The second-order valence-electron chi connectivity index (χ2n) is 14.5. The number of thiophene rings is 1. The van der Waals surface area contributed by atoms with Gasteiger partial charge < -0.3 is 0 Å². The molecule has 0 atom stereocenters. The van der Waals surface area contributed by atoms with E-state index in [1.165, 1.54) is 25.7 Å². The highest BCUT2D eigenvalue weighted by Gasteiger charge is 2.29. The summed E-state index contributed by atoms with van der Waals surface area (Å²) in [6.07, 6.45) is 0. The monoisotopic (exact) mass is 742 g/mol.